The summed E-state index contributed by atoms with van der Waals surface area (Å²) >= 11 is 0. The van der Waals surface area contributed by atoms with Crippen molar-refractivity contribution >= 4 is 11.4 Å². The van der Waals surface area contributed by atoms with Crippen molar-refractivity contribution in [2.24, 2.45) is 5.92 Å². The van der Waals surface area contributed by atoms with Crippen LogP contribution in [0.3, 0.4) is 0 Å². The van der Waals surface area contributed by atoms with Gasteiger partial charge in [0.25, 0.3) is 0 Å². The number of allylic oxidation sites excluding steroid dienone is 2. The molecule has 2 rings (SSSR count). The van der Waals surface area contributed by atoms with Gasteiger partial charge in [0.05, 0.1) is 12.7 Å². The quantitative estimate of drug-likeness (QED) is 0.576. The number of ketones is 1. The summed E-state index contributed by atoms with van der Waals surface area (Å²) in [5, 5.41) is 0. The van der Waals surface area contributed by atoms with Gasteiger partial charge in [0.15, 0.2) is 5.78 Å². The Morgan fingerprint density at radius 3 is 2.83 bits per heavy atom. The van der Waals surface area contributed by atoms with E-state index in [1.54, 1.807) is 20.1 Å². The molecule has 3 nitrogen and oxygen atoms in total. The van der Waals surface area contributed by atoms with Crippen LogP contribution in [0.4, 0.5) is 0 Å². The van der Waals surface area contributed by atoms with E-state index in [1.165, 1.54) is 0 Å². The zero-order chi connectivity index (χ0) is 17.5. The average Bonchev–Trinajstić information content (AvgIpc) is 2.60. The second-order valence-corrected chi connectivity index (χ2v) is 5.70. The van der Waals surface area contributed by atoms with Gasteiger partial charge in [-0.1, -0.05) is 25.5 Å². The number of ether oxygens (including phenoxy) is 2. The summed E-state index contributed by atoms with van der Waals surface area (Å²) in [4.78, 5) is 12.7. The van der Waals surface area contributed by atoms with Crippen LogP contribution >= 0.6 is 0 Å². The lowest BCUT2D eigenvalue weighted by Gasteiger charge is -2.27. The fraction of sp³-hybridized carbons (Fsp3) is 0.381. The van der Waals surface area contributed by atoms with Crippen molar-refractivity contribution in [1.82, 2.24) is 0 Å². The molecule has 0 bridgehead atoms. The van der Waals surface area contributed by atoms with Gasteiger partial charge in [0.2, 0.25) is 0 Å². The van der Waals surface area contributed by atoms with Gasteiger partial charge >= 0.3 is 0 Å². The summed E-state index contributed by atoms with van der Waals surface area (Å²) in [5.74, 6) is 7.65. The van der Waals surface area contributed by atoms with Crippen molar-refractivity contribution in [3.05, 3.63) is 47.7 Å². The van der Waals surface area contributed by atoms with Crippen molar-refractivity contribution in [3.63, 3.8) is 0 Å². The Kier molecular flexibility index (Phi) is 6.26. The normalized spacial score (nSPS) is 17.1. The van der Waals surface area contributed by atoms with E-state index in [0.717, 1.165) is 29.7 Å². The number of rotatable bonds is 6. The van der Waals surface area contributed by atoms with Crippen LogP contribution in [0.1, 0.15) is 44.2 Å². The monoisotopic (exact) mass is 324 g/mol. The lowest BCUT2D eigenvalue weighted by molar-refractivity contribution is -0.114. The minimum Gasteiger partial charge on any atom is -0.496 e. The molecular weight excluding hydrogens is 300 g/mol. The predicted molar refractivity (Wildman–Crippen MR) is 96.6 cm³/mol. The molecule has 0 N–H and O–H groups in total. The molecule has 126 valence electrons. The van der Waals surface area contributed by atoms with Crippen LogP contribution in [-0.2, 0) is 9.53 Å². The van der Waals surface area contributed by atoms with Crippen LogP contribution < -0.4 is 4.74 Å². The first kappa shape index (κ1) is 17.9. The second-order valence-electron chi connectivity index (χ2n) is 5.70. The highest BCUT2D eigenvalue weighted by molar-refractivity contribution is 6.22. The molecule has 0 amide bonds. The Labute approximate surface area is 144 Å². The molecule has 0 aromatic heterocycles. The number of carbonyl (C=O) groups is 1. The Morgan fingerprint density at radius 1 is 1.42 bits per heavy atom. The zero-order valence-corrected chi connectivity index (χ0v) is 14.6. The standard InChI is InChI=1S/C21H24O3/c1-5-8-15-9-11-17(19(14-15)23-4)20-18(22)12-10-16(7-3)21(20)24-13-6-2/h6,9,11,14,16H,2,7,10,12-13H2,1,3-4H3. The molecule has 0 aliphatic heterocycles. The highest BCUT2D eigenvalue weighted by Crippen LogP contribution is 2.39. The van der Waals surface area contributed by atoms with E-state index in [2.05, 4.69) is 25.3 Å². The summed E-state index contributed by atoms with van der Waals surface area (Å²) in [6.07, 6.45) is 4.00. The van der Waals surface area contributed by atoms with Crippen LogP contribution in [0.15, 0.2) is 36.6 Å². The van der Waals surface area contributed by atoms with Crippen LogP contribution in [0, 0.1) is 17.8 Å². The summed E-state index contributed by atoms with van der Waals surface area (Å²) in [6.45, 7) is 8.01. The average molecular weight is 324 g/mol. The number of methoxy groups -OCH3 is 1. The fourth-order valence-corrected chi connectivity index (χ4v) is 3.03. The minimum absolute atomic E-state index is 0.103. The van der Waals surface area contributed by atoms with Gasteiger partial charge in [0, 0.05) is 23.5 Å². The highest BCUT2D eigenvalue weighted by atomic mass is 16.5. The van der Waals surface area contributed by atoms with Crippen molar-refractivity contribution in [1.29, 1.82) is 0 Å². The molecule has 3 heteroatoms. The van der Waals surface area contributed by atoms with Crippen molar-refractivity contribution in [3.8, 4) is 17.6 Å². The zero-order valence-electron chi connectivity index (χ0n) is 14.6. The molecule has 1 aliphatic carbocycles. The van der Waals surface area contributed by atoms with Crippen LogP contribution in [-0.4, -0.2) is 19.5 Å². The van der Waals surface area contributed by atoms with Crippen molar-refractivity contribution in [2.45, 2.75) is 33.1 Å². The first-order valence-electron chi connectivity index (χ1n) is 8.28. The van der Waals surface area contributed by atoms with Crippen LogP contribution in [0.5, 0.6) is 5.75 Å². The van der Waals surface area contributed by atoms with Gasteiger partial charge < -0.3 is 9.47 Å². The van der Waals surface area contributed by atoms with Gasteiger partial charge in [-0.25, -0.2) is 0 Å². The number of Topliss-reactive ketones (excluding diaryl/α,β-unsaturated/α-hetero) is 1. The topological polar surface area (TPSA) is 35.5 Å². The summed E-state index contributed by atoms with van der Waals surface area (Å²) in [6, 6.07) is 5.68. The van der Waals surface area contributed by atoms with E-state index < -0.39 is 0 Å². The molecule has 0 saturated heterocycles. The summed E-state index contributed by atoms with van der Waals surface area (Å²) < 4.78 is 11.4. The molecule has 1 aromatic carbocycles. The van der Waals surface area contributed by atoms with Gasteiger partial charge in [-0.15, -0.1) is 5.92 Å². The number of benzene rings is 1. The van der Waals surface area contributed by atoms with E-state index >= 15 is 0 Å². The molecule has 0 heterocycles. The third-order valence-electron chi connectivity index (χ3n) is 4.21. The smallest absolute Gasteiger partial charge is 0.167 e. The first-order valence-corrected chi connectivity index (χ1v) is 8.28. The lowest BCUT2D eigenvalue weighted by Crippen LogP contribution is -2.21. The van der Waals surface area contributed by atoms with Crippen LogP contribution in [0.25, 0.3) is 5.57 Å². The second kappa shape index (κ2) is 8.40. The number of hydrogen-bond acceptors (Lipinski definition) is 3. The molecule has 0 spiro atoms. The third-order valence-corrected chi connectivity index (χ3v) is 4.21. The molecule has 1 unspecified atom stereocenters. The first-order chi connectivity index (χ1) is 11.7. The molecule has 0 radical (unpaired) electrons. The SMILES string of the molecule is C=CCOC1=C(c2ccc(C#CC)cc2OC)C(=O)CCC1CC. The molecule has 1 atom stereocenters. The summed E-state index contributed by atoms with van der Waals surface area (Å²) in [5.41, 5.74) is 2.28. The molecule has 1 aromatic rings. The maximum atomic E-state index is 12.7. The third kappa shape index (κ3) is 3.71. The summed E-state index contributed by atoms with van der Waals surface area (Å²) in [7, 11) is 1.61. The lowest BCUT2D eigenvalue weighted by atomic mass is 9.82. The molecule has 1 aliphatic rings. The molecule has 24 heavy (non-hydrogen) atoms. The van der Waals surface area contributed by atoms with Gasteiger partial charge in [-0.3, -0.25) is 4.79 Å². The Hall–Kier alpha value is -2.47. The Morgan fingerprint density at radius 2 is 2.21 bits per heavy atom. The number of carbonyl (C=O) groups excluding carboxylic acids is 1. The molecule has 0 saturated carbocycles. The van der Waals surface area contributed by atoms with Crippen molar-refractivity contribution in [2.75, 3.05) is 13.7 Å². The van der Waals surface area contributed by atoms with Crippen LogP contribution in [0.2, 0.25) is 0 Å². The minimum atomic E-state index is 0.103. The largest absolute Gasteiger partial charge is 0.496 e. The van der Waals surface area contributed by atoms with Gasteiger partial charge in [-0.2, -0.15) is 0 Å². The van der Waals surface area contributed by atoms with E-state index in [0.29, 0.717) is 24.4 Å². The van der Waals surface area contributed by atoms with E-state index in [-0.39, 0.29) is 11.7 Å². The predicted octanol–water partition coefficient (Wildman–Crippen LogP) is 4.37. The van der Waals surface area contributed by atoms with E-state index in [9.17, 15) is 4.79 Å². The molecule has 0 fully saturated rings. The highest BCUT2D eigenvalue weighted by Gasteiger charge is 2.31. The molecular formula is C21H24O3. The maximum Gasteiger partial charge on any atom is 0.167 e. The maximum absolute atomic E-state index is 12.7. The van der Waals surface area contributed by atoms with Crippen molar-refractivity contribution < 1.29 is 14.3 Å². The Balaban J connectivity index is 2.61. The Bertz CT molecular complexity index is 716. The van der Waals surface area contributed by atoms with Gasteiger partial charge in [0.1, 0.15) is 18.1 Å². The van der Waals surface area contributed by atoms with E-state index in [1.807, 2.05) is 18.2 Å². The van der Waals surface area contributed by atoms with Gasteiger partial charge in [-0.05, 0) is 38.0 Å². The number of hydrogen-bond donors (Lipinski definition) is 0. The fourth-order valence-electron chi connectivity index (χ4n) is 3.03. The van der Waals surface area contributed by atoms with E-state index in [4.69, 9.17) is 9.47 Å².